The third-order valence-electron chi connectivity index (χ3n) is 3.32. The molecule has 1 aliphatic heterocycles. The first-order valence-electron chi connectivity index (χ1n) is 6.16. The van der Waals surface area contributed by atoms with Crippen molar-refractivity contribution in [3.8, 4) is 0 Å². The maximum Gasteiger partial charge on any atom is 0.253 e. The predicted octanol–water partition coefficient (Wildman–Crippen LogP) is -0.0109. The molecule has 1 aromatic carbocycles. The van der Waals surface area contributed by atoms with Crippen molar-refractivity contribution in [2.45, 2.75) is 18.9 Å². The van der Waals surface area contributed by atoms with E-state index in [0.29, 0.717) is 11.3 Å². The predicted molar refractivity (Wildman–Crippen MR) is 68.4 cm³/mol. The minimum Gasteiger partial charge on any atom is -0.349 e. The number of hydrogen-bond donors (Lipinski definition) is 2. The molecule has 1 heterocycles. The Morgan fingerprint density at radius 1 is 1.28 bits per heavy atom. The Balaban J connectivity index is 1.92. The maximum absolute atomic E-state index is 12.0. The fourth-order valence-corrected chi connectivity index (χ4v) is 2.11. The Morgan fingerprint density at radius 2 is 1.89 bits per heavy atom. The number of nitrogens with zero attached hydrogens (tertiary/aromatic N) is 1. The van der Waals surface area contributed by atoms with Crippen LogP contribution < -0.4 is 10.5 Å². The molecule has 0 radical (unpaired) electrons. The van der Waals surface area contributed by atoms with Gasteiger partial charge < -0.3 is 10.2 Å². The number of piperidine rings is 1. The van der Waals surface area contributed by atoms with Crippen LogP contribution in [0.2, 0.25) is 0 Å². The third-order valence-corrected chi connectivity index (χ3v) is 3.32. The molecule has 5 nitrogen and oxygen atoms in total. The molecule has 0 unspecified atom stereocenters. The Labute approximate surface area is 106 Å². The van der Waals surface area contributed by atoms with E-state index in [9.17, 15) is 9.70 Å². The molecule has 0 aromatic heterocycles. The third kappa shape index (κ3) is 3.13. The Hall–Kier alpha value is -1.75. The van der Waals surface area contributed by atoms with Crippen molar-refractivity contribution < 1.29 is 9.97 Å². The quantitative estimate of drug-likeness (QED) is 0.791. The van der Waals surface area contributed by atoms with E-state index in [1.807, 2.05) is 0 Å². The number of hydrogen-bond acceptors (Lipinski definition) is 3. The summed E-state index contributed by atoms with van der Waals surface area (Å²) in [5.74, 6) is -0.0676. The molecule has 2 rings (SSSR count). The number of amides is 1. The highest BCUT2D eigenvalue weighted by atomic mass is 16.3. The molecule has 0 saturated carbocycles. The van der Waals surface area contributed by atoms with Gasteiger partial charge in [-0.15, -0.1) is 0 Å². The molecule has 0 atom stereocenters. The average molecular weight is 248 g/mol. The van der Waals surface area contributed by atoms with Gasteiger partial charge in [0.1, 0.15) is 0 Å². The van der Waals surface area contributed by atoms with Crippen LogP contribution in [-0.2, 0) is 0 Å². The van der Waals surface area contributed by atoms with Crippen LogP contribution in [0.15, 0.2) is 24.3 Å². The normalized spacial score (nSPS) is 17.4. The molecule has 1 aliphatic rings. The first-order chi connectivity index (χ1) is 8.69. The fourth-order valence-electron chi connectivity index (χ4n) is 2.11. The zero-order chi connectivity index (χ0) is 13.0. The molecule has 1 aromatic rings. The van der Waals surface area contributed by atoms with Crippen LogP contribution in [0.25, 0.3) is 0 Å². The highest BCUT2D eigenvalue weighted by Gasteiger charge is 2.19. The Kier molecular flexibility index (Phi) is 4.04. The van der Waals surface area contributed by atoms with E-state index in [1.165, 1.54) is 0 Å². The van der Waals surface area contributed by atoms with E-state index in [-0.39, 0.29) is 11.9 Å². The summed E-state index contributed by atoms with van der Waals surface area (Å²) in [5.41, 5.74) is 1.05. The number of nitroso groups, excluding NO2 is 1. The number of likely N-dealkylation sites (tertiary alicyclic amines) is 1. The van der Waals surface area contributed by atoms with Gasteiger partial charge in [0.05, 0.1) is 0 Å². The number of carbonyl (C=O) groups is 1. The molecule has 0 bridgehead atoms. The molecule has 5 heteroatoms. The lowest BCUT2D eigenvalue weighted by Gasteiger charge is -2.29. The second kappa shape index (κ2) is 5.73. The van der Waals surface area contributed by atoms with Crippen molar-refractivity contribution in [3.05, 3.63) is 34.7 Å². The van der Waals surface area contributed by atoms with Crippen LogP contribution in [0.3, 0.4) is 0 Å². The average Bonchev–Trinajstić information content (AvgIpc) is 2.41. The molecule has 18 heavy (non-hydrogen) atoms. The van der Waals surface area contributed by atoms with Crippen molar-refractivity contribution in [2.75, 3.05) is 20.1 Å². The monoisotopic (exact) mass is 248 g/mol. The summed E-state index contributed by atoms with van der Waals surface area (Å²) in [7, 11) is 2.09. The molecule has 2 N–H and O–H groups in total. The van der Waals surface area contributed by atoms with Gasteiger partial charge in [0, 0.05) is 33.8 Å². The molecule has 96 valence electrons. The van der Waals surface area contributed by atoms with Gasteiger partial charge in [0.2, 0.25) is 0 Å². The number of nitrogens with one attached hydrogen (secondary N) is 2. The number of rotatable bonds is 3. The highest BCUT2D eigenvalue weighted by molar-refractivity contribution is 5.94. The van der Waals surface area contributed by atoms with Crippen LogP contribution in [0.5, 0.6) is 0 Å². The van der Waals surface area contributed by atoms with Gasteiger partial charge in [-0.1, -0.05) is 0 Å². The highest BCUT2D eigenvalue weighted by Crippen LogP contribution is 2.10. The van der Waals surface area contributed by atoms with Gasteiger partial charge in [-0.2, -0.15) is 0 Å². The molecule has 1 saturated heterocycles. The largest absolute Gasteiger partial charge is 0.349 e. The van der Waals surface area contributed by atoms with Gasteiger partial charge in [-0.25, -0.2) is 0 Å². The van der Waals surface area contributed by atoms with Gasteiger partial charge in [-0.05, 0) is 45.1 Å². The molecular weight excluding hydrogens is 230 g/mol. The summed E-state index contributed by atoms with van der Waals surface area (Å²) in [6.45, 7) is 2.04. The van der Waals surface area contributed by atoms with Crippen LogP contribution in [-0.4, -0.2) is 37.0 Å². The molecular formula is C13H18N3O2+. The lowest BCUT2D eigenvalue weighted by atomic mass is 10.0. The summed E-state index contributed by atoms with van der Waals surface area (Å²) in [5, 5.41) is 4.82. The summed E-state index contributed by atoms with van der Waals surface area (Å²) in [6, 6.07) is 6.79. The van der Waals surface area contributed by atoms with Crippen molar-refractivity contribution in [3.63, 3.8) is 0 Å². The topological polar surface area (TPSA) is 63.4 Å². The zero-order valence-corrected chi connectivity index (χ0v) is 10.5. The summed E-state index contributed by atoms with van der Waals surface area (Å²) in [6.07, 6.45) is 1.98. The number of benzene rings is 1. The van der Waals surface area contributed by atoms with Crippen LogP contribution in [0.1, 0.15) is 23.2 Å². The zero-order valence-electron chi connectivity index (χ0n) is 10.5. The van der Waals surface area contributed by atoms with Crippen LogP contribution in [0.4, 0.5) is 5.69 Å². The fraction of sp³-hybridized carbons (Fsp3) is 0.462. The second-order valence-electron chi connectivity index (χ2n) is 4.73. The molecule has 0 aliphatic carbocycles. The lowest BCUT2D eigenvalue weighted by Crippen LogP contribution is -2.55. The lowest BCUT2D eigenvalue weighted by molar-refractivity contribution is -0.379. The summed E-state index contributed by atoms with van der Waals surface area (Å²) < 4.78 is 0. The van der Waals surface area contributed by atoms with Gasteiger partial charge >= 0.3 is 0 Å². The van der Waals surface area contributed by atoms with E-state index in [4.69, 9.17) is 0 Å². The Morgan fingerprint density at radius 3 is 2.44 bits per heavy atom. The maximum atomic E-state index is 12.0. The SMILES string of the molecule is CN1CCC(NC(=O)c2ccc([NH+]=O)cc2)CC1. The number of carbonyl (C=O) groups excluding carboxylic acids is 1. The van der Waals surface area contributed by atoms with Crippen molar-refractivity contribution in [1.82, 2.24) is 10.2 Å². The first kappa shape index (κ1) is 12.7. The van der Waals surface area contributed by atoms with E-state index in [1.54, 1.807) is 29.4 Å². The van der Waals surface area contributed by atoms with Crippen LogP contribution >= 0.6 is 0 Å². The second-order valence-corrected chi connectivity index (χ2v) is 4.73. The van der Waals surface area contributed by atoms with Gasteiger partial charge in [0.15, 0.2) is 0 Å². The van der Waals surface area contributed by atoms with Crippen molar-refractivity contribution in [2.24, 2.45) is 0 Å². The van der Waals surface area contributed by atoms with Gasteiger partial charge in [0.25, 0.3) is 11.6 Å². The van der Waals surface area contributed by atoms with E-state index in [2.05, 4.69) is 17.3 Å². The van der Waals surface area contributed by atoms with Crippen molar-refractivity contribution >= 4 is 11.6 Å². The molecule has 0 spiro atoms. The van der Waals surface area contributed by atoms with E-state index in [0.717, 1.165) is 25.9 Å². The summed E-state index contributed by atoms with van der Waals surface area (Å²) >= 11 is 0. The summed E-state index contributed by atoms with van der Waals surface area (Å²) in [4.78, 5) is 24.6. The van der Waals surface area contributed by atoms with Gasteiger partial charge in [-0.3, -0.25) is 4.79 Å². The first-order valence-corrected chi connectivity index (χ1v) is 6.16. The minimum atomic E-state index is -0.0676. The standard InChI is InChI=1S/C13H17N3O2/c1-16-8-6-11(7-9-16)14-13(17)10-2-4-12(15-18)5-3-10/h2-5,11H,6-9H2,1H3,(H,14,17)/p+1. The van der Waals surface area contributed by atoms with Crippen LogP contribution in [0, 0.1) is 4.91 Å². The smallest absolute Gasteiger partial charge is 0.253 e. The van der Waals surface area contributed by atoms with E-state index < -0.39 is 0 Å². The Bertz CT molecular complexity index is 422. The molecule has 1 amide bonds. The minimum absolute atomic E-state index is 0.0676. The van der Waals surface area contributed by atoms with E-state index >= 15 is 0 Å². The van der Waals surface area contributed by atoms with Crippen molar-refractivity contribution in [1.29, 1.82) is 0 Å². The molecule has 1 fully saturated rings.